The average Bonchev–Trinajstić information content (AvgIpc) is 2.90. The molecule has 3 aromatic rings. The van der Waals surface area contributed by atoms with Crippen LogP contribution in [0.4, 0.5) is 0 Å². The first-order valence-corrected chi connectivity index (χ1v) is 5.68. The van der Waals surface area contributed by atoms with Gasteiger partial charge in [-0.1, -0.05) is 0 Å². The van der Waals surface area contributed by atoms with Crippen molar-refractivity contribution in [1.82, 2.24) is 24.8 Å². The summed E-state index contributed by atoms with van der Waals surface area (Å²) < 4.78 is 6.27. The second kappa shape index (κ2) is 4.57. The number of rotatable bonds is 2. The Balaban J connectivity index is 2.18. The van der Waals surface area contributed by atoms with Crippen molar-refractivity contribution < 1.29 is 9.53 Å². The summed E-state index contributed by atoms with van der Waals surface area (Å²) in [4.78, 5) is 22.5. The Bertz CT molecular complexity index is 831. The molecule has 3 rings (SSSR count). The van der Waals surface area contributed by atoms with Crippen LogP contribution in [-0.4, -0.2) is 37.9 Å². The van der Waals surface area contributed by atoms with Gasteiger partial charge in [-0.3, -0.25) is 9.20 Å². The number of nitrogens with one attached hydrogen (secondary N) is 1. The zero-order valence-electron chi connectivity index (χ0n) is 10.4. The van der Waals surface area contributed by atoms with Gasteiger partial charge in [-0.25, -0.2) is 9.89 Å². The van der Waals surface area contributed by atoms with E-state index in [1.807, 2.05) is 0 Å². The maximum absolute atomic E-state index is 11.5. The van der Waals surface area contributed by atoms with E-state index >= 15 is 0 Å². The van der Waals surface area contributed by atoms with Crippen molar-refractivity contribution in [3.8, 4) is 11.5 Å². The molecule has 8 nitrogen and oxygen atoms in total. The van der Waals surface area contributed by atoms with Crippen LogP contribution < -0.4 is 5.56 Å². The minimum absolute atomic E-state index is 0.308. The summed E-state index contributed by atoms with van der Waals surface area (Å²) in [6.07, 6.45) is 1.56. The van der Waals surface area contributed by atoms with Crippen LogP contribution in [0.2, 0.25) is 0 Å². The SMILES string of the molecule is COC(=O)c1ccc2nnc(-c3ccc(=O)[nH]n3)n2c1. The lowest BCUT2D eigenvalue weighted by molar-refractivity contribution is 0.0600. The van der Waals surface area contributed by atoms with Gasteiger partial charge >= 0.3 is 5.97 Å². The Hall–Kier alpha value is -3.03. The van der Waals surface area contributed by atoms with Crippen LogP contribution in [0.1, 0.15) is 10.4 Å². The molecule has 20 heavy (non-hydrogen) atoms. The van der Waals surface area contributed by atoms with E-state index in [1.54, 1.807) is 22.7 Å². The van der Waals surface area contributed by atoms with E-state index in [-0.39, 0.29) is 5.56 Å². The summed E-state index contributed by atoms with van der Waals surface area (Å²) in [5.41, 5.74) is 1.06. The van der Waals surface area contributed by atoms with Gasteiger partial charge in [-0.15, -0.1) is 10.2 Å². The van der Waals surface area contributed by atoms with Crippen molar-refractivity contribution in [1.29, 1.82) is 0 Å². The topological polar surface area (TPSA) is 102 Å². The number of fused-ring (bicyclic) bond motifs is 1. The molecule has 0 aliphatic rings. The predicted molar refractivity (Wildman–Crippen MR) is 68.2 cm³/mol. The Kier molecular flexibility index (Phi) is 2.75. The maximum Gasteiger partial charge on any atom is 0.339 e. The number of hydrogen-bond acceptors (Lipinski definition) is 6. The Labute approximate surface area is 112 Å². The third-order valence-electron chi connectivity index (χ3n) is 2.73. The summed E-state index contributed by atoms with van der Waals surface area (Å²) in [5.74, 6) is -0.0389. The average molecular weight is 271 g/mol. The van der Waals surface area contributed by atoms with Gasteiger partial charge in [0.05, 0.1) is 12.7 Å². The summed E-state index contributed by atoms with van der Waals surface area (Å²) in [7, 11) is 1.31. The van der Waals surface area contributed by atoms with Crippen molar-refractivity contribution in [2.75, 3.05) is 7.11 Å². The van der Waals surface area contributed by atoms with Crippen LogP contribution in [0, 0.1) is 0 Å². The third-order valence-corrected chi connectivity index (χ3v) is 2.73. The lowest BCUT2D eigenvalue weighted by Crippen LogP contribution is -2.07. The first-order valence-electron chi connectivity index (χ1n) is 5.68. The van der Waals surface area contributed by atoms with Crippen LogP contribution in [0.25, 0.3) is 17.2 Å². The molecule has 0 aliphatic carbocycles. The van der Waals surface area contributed by atoms with E-state index in [1.165, 1.54) is 19.2 Å². The number of aromatic nitrogens is 5. The second-order valence-electron chi connectivity index (χ2n) is 3.97. The predicted octanol–water partition coefficient (Wildman–Crippen LogP) is 0.266. The molecule has 3 heterocycles. The number of pyridine rings is 1. The summed E-state index contributed by atoms with van der Waals surface area (Å²) in [6, 6.07) is 6.11. The summed E-state index contributed by atoms with van der Waals surface area (Å²) in [6.45, 7) is 0. The normalized spacial score (nSPS) is 10.7. The fourth-order valence-electron chi connectivity index (χ4n) is 1.77. The van der Waals surface area contributed by atoms with Gasteiger partial charge in [0.2, 0.25) is 0 Å². The molecule has 100 valence electrons. The molecule has 0 amide bonds. The number of aromatic amines is 1. The smallest absolute Gasteiger partial charge is 0.339 e. The van der Waals surface area contributed by atoms with Crippen LogP contribution >= 0.6 is 0 Å². The first kappa shape index (κ1) is 12.0. The first-order chi connectivity index (χ1) is 9.69. The minimum atomic E-state index is -0.457. The molecule has 0 radical (unpaired) electrons. The standard InChI is InChI=1S/C12H9N5O3/c1-20-12(19)7-2-4-9-14-16-11(17(9)6-7)8-3-5-10(18)15-13-8/h2-6H,1H3,(H,15,18). The van der Waals surface area contributed by atoms with Crippen molar-refractivity contribution in [2.24, 2.45) is 0 Å². The fourth-order valence-corrected chi connectivity index (χ4v) is 1.77. The zero-order valence-corrected chi connectivity index (χ0v) is 10.4. The quantitative estimate of drug-likeness (QED) is 0.671. The van der Waals surface area contributed by atoms with E-state index in [0.29, 0.717) is 22.7 Å². The van der Waals surface area contributed by atoms with Gasteiger partial charge in [0.1, 0.15) is 5.69 Å². The molecule has 0 bridgehead atoms. The largest absolute Gasteiger partial charge is 0.465 e. The number of hydrogen-bond donors (Lipinski definition) is 1. The van der Waals surface area contributed by atoms with E-state index in [4.69, 9.17) is 0 Å². The molecule has 0 spiro atoms. The molecule has 0 unspecified atom stereocenters. The molecule has 8 heteroatoms. The van der Waals surface area contributed by atoms with E-state index < -0.39 is 5.97 Å². The zero-order chi connectivity index (χ0) is 14.1. The van der Waals surface area contributed by atoms with Crippen LogP contribution in [0.15, 0.2) is 35.3 Å². The highest BCUT2D eigenvalue weighted by atomic mass is 16.5. The third kappa shape index (κ3) is 1.92. The monoisotopic (exact) mass is 271 g/mol. The molecule has 0 saturated heterocycles. The minimum Gasteiger partial charge on any atom is -0.465 e. The molecule has 1 N–H and O–H groups in total. The highest BCUT2D eigenvalue weighted by molar-refractivity contribution is 5.89. The fraction of sp³-hybridized carbons (Fsp3) is 0.0833. The number of nitrogens with zero attached hydrogens (tertiary/aromatic N) is 4. The van der Waals surface area contributed by atoms with Crippen molar-refractivity contribution in [3.63, 3.8) is 0 Å². The molecule has 0 aliphatic heterocycles. The van der Waals surface area contributed by atoms with Crippen molar-refractivity contribution in [2.45, 2.75) is 0 Å². The van der Waals surface area contributed by atoms with Gasteiger partial charge in [0, 0.05) is 12.3 Å². The van der Waals surface area contributed by atoms with Crippen LogP contribution in [0.5, 0.6) is 0 Å². The maximum atomic E-state index is 11.5. The number of esters is 1. The highest BCUT2D eigenvalue weighted by Crippen LogP contribution is 2.15. The van der Waals surface area contributed by atoms with Gasteiger partial charge in [0.25, 0.3) is 5.56 Å². The number of carbonyl (C=O) groups excluding carboxylic acids is 1. The number of carbonyl (C=O) groups is 1. The summed E-state index contributed by atoms with van der Waals surface area (Å²) >= 11 is 0. The second-order valence-corrected chi connectivity index (χ2v) is 3.97. The van der Waals surface area contributed by atoms with Crippen LogP contribution in [-0.2, 0) is 4.74 Å². The van der Waals surface area contributed by atoms with Crippen LogP contribution in [0.3, 0.4) is 0 Å². The Morgan fingerprint density at radius 3 is 2.80 bits per heavy atom. The van der Waals surface area contributed by atoms with Gasteiger partial charge in [-0.05, 0) is 18.2 Å². The summed E-state index contributed by atoms with van der Waals surface area (Å²) in [5, 5.41) is 14.2. The van der Waals surface area contributed by atoms with Gasteiger partial charge in [-0.2, -0.15) is 5.10 Å². The van der Waals surface area contributed by atoms with Crippen molar-refractivity contribution in [3.05, 3.63) is 46.4 Å². The molecule has 0 fully saturated rings. The van der Waals surface area contributed by atoms with Gasteiger partial charge in [0.15, 0.2) is 11.5 Å². The molecule has 3 aromatic heterocycles. The van der Waals surface area contributed by atoms with E-state index in [2.05, 4.69) is 25.1 Å². The lowest BCUT2D eigenvalue weighted by atomic mass is 10.3. The van der Waals surface area contributed by atoms with E-state index in [0.717, 1.165) is 0 Å². The molecule has 0 atom stereocenters. The Morgan fingerprint density at radius 1 is 1.25 bits per heavy atom. The number of ether oxygens (including phenoxy) is 1. The molecule has 0 aromatic carbocycles. The van der Waals surface area contributed by atoms with E-state index in [9.17, 15) is 9.59 Å². The lowest BCUT2D eigenvalue weighted by Gasteiger charge is -2.02. The number of methoxy groups -OCH3 is 1. The van der Waals surface area contributed by atoms with Crippen molar-refractivity contribution >= 4 is 11.6 Å². The molecule has 0 saturated carbocycles. The Morgan fingerprint density at radius 2 is 2.10 bits per heavy atom. The number of H-pyrrole nitrogens is 1. The highest BCUT2D eigenvalue weighted by Gasteiger charge is 2.12. The van der Waals surface area contributed by atoms with Gasteiger partial charge < -0.3 is 4.74 Å². The molecular weight excluding hydrogens is 262 g/mol. The molecular formula is C12H9N5O3.